The second-order valence-corrected chi connectivity index (χ2v) is 2.98. The number of hydrogen-bond acceptors (Lipinski definition) is 2. The summed E-state index contributed by atoms with van der Waals surface area (Å²) in [6.07, 6.45) is 4.11. The quantitative estimate of drug-likeness (QED) is 0.476. The molecule has 11 heavy (non-hydrogen) atoms. The van der Waals surface area contributed by atoms with Crippen molar-refractivity contribution in [3.8, 4) is 0 Å². The topological polar surface area (TPSA) is 29.1 Å². The molecule has 0 saturated carbocycles. The Morgan fingerprint density at radius 3 is 2.64 bits per heavy atom. The fourth-order valence-electron chi connectivity index (χ4n) is 0.812. The molecule has 0 saturated heterocycles. The van der Waals surface area contributed by atoms with Crippen LogP contribution in [0.15, 0.2) is 0 Å². The van der Waals surface area contributed by atoms with Crippen LogP contribution >= 0.6 is 11.6 Å². The highest BCUT2D eigenvalue weighted by Gasteiger charge is 1.93. The van der Waals surface area contributed by atoms with E-state index in [1.165, 1.54) is 19.3 Å². The van der Waals surface area contributed by atoms with Gasteiger partial charge in [-0.15, -0.1) is 0 Å². The van der Waals surface area contributed by atoms with Crippen LogP contribution in [0.2, 0.25) is 0 Å². The van der Waals surface area contributed by atoms with Crippen molar-refractivity contribution >= 4 is 16.8 Å². The molecule has 0 radical (unpaired) electrons. The van der Waals surface area contributed by atoms with Crippen LogP contribution in [0, 0.1) is 0 Å². The molecule has 0 unspecified atom stereocenters. The summed E-state index contributed by atoms with van der Waals surface area (Å²) in [4.78, 5) is 10.3. The highest BCUT2D eigenvalue weighted by molar-refractivity contribution is 6.63. The van der Waals surface area contributed by atoms with E-state index in [0.29, 0.717) is 13.0 Å². The fourth-order valence-corrected chi connectivity index (χ4v) is 0.906. The van der Waals surface area contributed by atoms with Gasteiger partial charge in [-0.3, -0.25) is 4.79 Å². The summed E-state index contributed by atoms with van der Waals surface area (Å²) < 4.78 is 0. The van der Waals surface area contributed by atoms with Crippen LogP contribution in [0.25, 0.3) is 0 Å². The minimum Gasteiger partial charge on any atom is -0.316 e. The Labute approximate surface area is 73.3 Å². The summed E-state index contributed by atoms with van der Waals surface area (Å²) in [6, 6.07) is 0. The van der Waals surface area contributed by atoms with Crippen LogP contribution in [0.3, 0.4) is 0 Å². The Bertz CT molecular complexity index is 106. The zero-order valence-electron chi connectivity index (χ0n) is 7.03. The largest absolute Gasteiger partial charge is 0.316 e. The lowest BCUT2D eigenvalue weighted by atomic mass is 10.2. The summed E-state index contributed by atoms with van der Waals surface area (Å²) in [5.41, 5.74) is 0. The molecule has 2 nitrogen and oxygen atoms in total. The van der Waals surface area contributed by atoms with Crippen molar-refractivity contribution in [2.75, 3.05) is 13.1 Å². The van der Waals surface area contributed by atoms with E-state index in [-0.39, 0.29) is 5.24 Å². The molecular weight excluding hydrogens is 162 g/mol. The fraction of sp³-hybridized carbons (Fsp3) is 0.875. The molecule has 0 aliphatic carbocycles. The number of halogens is 1. The third-order valence-electron chi connectivity index (χ3n) is 1.46. The molecule has 0 amide bonds. The van der Waals surface area contributed by atoms with Crippen molar-refractivity contribution in [2.24, 2.45) is 0 Å². The molecule has 0 spiro atoms. The third kappa shape index (κ3) is 9.92. The first-order valence-corrected chi connectivity index (χ1v) is 4.54. The summed E-state index contributed by atoms with van der Waals surface area (Å²) in [5, 5.41) is 2.89. The second-order valence-electron chi connectivity index (χ2n) is 2.56. The zero-order chi connectivity index (χ0) is 8.53. The summed E-state index contributed by atoms with van der Waals surface area (Å²) in [5.74, 6) is 0. The van der Waals surface area contributed by atoms with Gasteiger partial charge in [0.05, 0.1) is 0 Å². The predicted molar refractivity (Wildman–Crippen MR) is 47.9 cm³/mol. The third-order valence-corrected chi connectivity index (χ3v) is 1.64. The summed E-state index contributed by atoms with van der Waals surface area (Å²) in [7, 11) is 0. The van der Waals surface area contributed by atoms with Crippen LogP contribution in [0.1, 0.15) is 32.6 Å². The van der Waals surface area contributed by atoms with E-state index in [2.05, 4.69) is 12.2 Å². The molecule has 0 fully saturated rings. The highest BCUT2D eigenvalue weighted by Crippen LogP contribution is 1.91. The molecule has 0 aliphatic rings. The highest BCUT2D eigenvalue weighted by atomic mass is 35.5. The molecular formula is C8H16ClNO. The number of nitrogens with one attached hydrogen (secondary N) is 1. The molecule has 0 bridgehead atoms. The normalized spacial score (nSPS) is 10.0. The first-order valence-electron chi connectivity index (χ1n) is 4.16. The van der Waals surface area contributed by atoms with E-state index < -0.39 is 0 Å². The molecule has 3 heteroatoms. The average molecular weight is 178 g/mol. The van der Waals surface area contributed by atoms with E-state index >= 15 is 0 Å². The maximum Gasteiger partial charge on any atom is 0.222 e. The van der Waals surface area contributed by atoms with Crippen molar-refractivity contribution in [2.45, 2.75) is 32.6 Å². The van der Waals surface area contributed by atoms with Gasteiger partial charge in [-0.25, -0.2) is 0 Å². The van der Waals surface area contributed by atoms with Gasteiger partial charge >= 0.3 is 0 Å². The van der Waals surface area contributed by atoms with Crippen molar-refractivity contribution in [1.82, 2.24) is 5.32 Å². The van der Waals surface area contributed by atoms with Gasteiger partial charge in [0.15, 0.2) is 0 Å². The van der Waals surface area contributed by atoms with Crippen molar-refractivity contribution < 1.29 is 4.79 Å². The van der Waals surface area contributed by atoms with Gasteiger partial charge < -0.3 is 5.32 Å². The second kappa shape index (κ2) is 8.02. The molecule has 0 aliphatic heterocycles. The van der Waals surface area contributed by atoms with Crippen LogP contribution in [0.4, 0.5) is 0 Å². The van der Waals surface area contributed by atoms with E-state index in [1.807, 2.05) is 0 Å². The maximum absolute atomic E-state index is 10.3. The number of hydrogen-bond donors (Lipinski definition) is 1. The number of carbonyl (C=O) groups excluding carboxylic acids is 1. The first kappa shape index (κ1) is 10.9. The molecule has 0 atom stereocenters. The lowest BCUT2D eigenvalue weighted by Gasteiger charge is -2.00. The Morgan fingerprint density at radius 2 is 2.09 bits per heavy atom. The van der Waals surface area contributed by atoms with Gasteiger partial charge in [-0.05, 0) is 24.6 Å². The molecule has 0 heterocycles. The molecule has 66 valence electrons. The Morgan fingerprint density at radius 1 is 1.36 bits per heavy atom. The lowest BCUT2D eigenvalue weighted by Crippen LogP contribution is -2.17. The monoisotopic (exact) mass is 177 g/mol. The van der Waals surface area contributed by atoms with Gasteiger partial charge in [0.25, 0.3) is 0 Å². The predicted octanol–water partition coefficient (Wildman–Crippen LogP) is 1.92. The number of carbonyl (C=O) groups is 1. The minimum absolute atomic E-state index is 0.256. The minimum atomic E-state index is -0.256. The van der Waals surface area contributed by atoms with Gasteiger partial charge in [0, 0.05) is 13.0 Å². The van der Waals surface area contributed by atoms with Gasteiger partial charge in [-0.2, -0.15) is 0 Å². The molecule has 0 aromatic carbocycles. The molecule has 0 aromatic heterocycles. The summed E-state index contributed by atoms with van der Waals surface area (Å²) >= 11 is 5.14. The standard InChI is InChI=1S/C8H16ClNO/c1-2-3-4-6-10-7-5-8(9)11/h10H,2-7H2,1H3. The Hall–Kier alpha value is -0.0800. The van der Waals surface area contributed by atoms with Gasteiger partial charge in [-0.1, -0.05) is 19.8 Å². The van der Waals surface area contributed by atoms with E-state index in [0.717, 1.165) is 6.54 Å². The van der Waals surface area contributed by atoms with E-state index in [4.69, 9.17) is 11.6 Å². The van der Waals surface area contributed by atoms with Crippen LogP contribution in [-0.2, 0) is 4.79 Å². The SMILES string of the molecule is CCCCCNCCC(=O)Cl. The first-order chi connectivity index (χ1) is 5.27. The lowest BCUT2D eigenvalue weighted by molar-refractivity contribution is -0.111. The van der Waals surface area contributed by atoms with Crippen molar-refractivity contribution in [3.05, 3.63) is 0 Å². The van der Waals surface area contributed by atoms with Crippen LogP contribution in [0.5, 0.6) is 0 Å². The van der Waals surface area contributed by atoms with E-state index in [9.17, 15) is 4.79 Å². The maximum atomic E-state index is 10.3. The average Bonchev–Trinajstić information content (AvgIpc) is 1.96. The van der Waals surface area contributed by atoms with Gasteiger partial charge in [0.1, 0.15) is 0 Å². The van der Waals surface area contributed by atoms with Gasteiger partial charge in [0.2, 0.25) is 5.24 Å². The molecule has 0 rings (SSSR count). The Balaban J connectivity index is 2.85. The van der Waals surface area contributed by atoms with E-state index in [1.54, 1.807) is 0 Å². The number of rotatable bonds is 7. The smallest absolute Gasteiger partial charge is 0.222 e. The van der Waals surface area contributed by atoms with Crippen LogP contribution < -0.4 is 5.32 Å². The molecule has 1 N–H and O–H groups in total. The van der Waals surface area contributed by atoms with Crippen LogP contribution in [-0.4, -0.2) is 18.3 Å². The Kier molecular flexibility index (Phi) is 7.96. The summed E-state index contributed by atoms with van der Waals surface area (Å²) in [6.45, 7) is 3.88. The van der Waals surface area contributed by atoms with Crippen molar-refractivity contribution in [3.63, 3.8) is 0 Å². The van der Waals surface area contributed by atoms with Crippen molar-refractivity contribution in [1.29, 1.82) is 0 Å². The molecule has 0 aromatic rings. The number of unbranched alkanes of at least 4 members (excludes halogenated alkanes) is 2. The zero-order valence-corrected chi connectivity index (χ0v) is 7.78.